The fourth-order valence-corrected chi connectivity index (χ4v) is 1.52. The molecule has 1 saturated heterocycles. The van der Waals surface area contributed by atoms with Crippen molar-refractivity contribution >= 4 is 0 Å². The maximum absolute atomic E-state index is 13.1. The number of allylic oxidation sites excluding steroid dienone is 1. The van der Waals surface area contributed by atoms with E-state index >= 15 is 0 Å². The van der Waals surface area contributed by atoms with Crippen molar-refractivity contribution in [1.29, 1.82) is 0 Å². The Morgan fingerprint density at radius 1 is 0.867 bits per heavy atom. The molecule has 0 spiro atoms. The second kappa shape index (κ2) is 4.81. The molecule has 1 rings (SSSR count). The average molecular weight is 229 g/mol. The van der Waals surface area contributed by atoms with Gasteiger partial charge in [0, 0.05) is 13.1 Å². The summed E-state index contributed by atoms with van der Waals surface area (Å²) in [4.78, 5) is 0.829. The van der Waals surface area contributed by atoms with Crippen LogP contribution in [0, 0.1) is 0 Å². The van der Waals surface area contributed by atoms with Gasteiger partial charge >= 0.3 is 6.18 Å². The summed E-state index contributed by atoms with van der Waals surface area (Å²) < 4.78 is 61.2. The van der Waals surface area contributed by atoms with Crippen LogP contribution in [0.5, 0.6) is 0 Å². The highest BCUT2D eigenvalue weighted by molar-refractivity contribution is 5.05. The maximum Gasteiger partial charge on any atom is 0.447 e. The predicted molar refractivity (Wildman–Crippen MR) is 45.3 cm³/mol. The predicted octanol–water partition coefficient (Wildman–Crippen LogP) is 3.53. The Balaban J connectivity index is 2.76. The standard InChI is InChI=1S/C9H12F5N/c10-7(9(12,13)14)8(11)15-5-3-1-2-4-6-15/h1-6H2/b8-7-. The molecule has 88 valence electrons. The summed E-state index contributed by atoms with van der Waals surface area (Å²) in [5.41, 5.74) is 0. The first-order valence-corrected chi connectivity index (χ1v) is 4.80. The van der Waals surface area contributed by atoms with E-state index in [-0.39, 0.29) is 13.1 Å². The van der Waals surface area contributed by atoms with Crippen LogP contribution < -0.4 is 0 Å². The fraction of sp³-hybridized carbons (Fsp3) is 0.778. The minimum atomic E-state index is -5.23. The first-order chi connectivity index (χ1) is 6.93. The van der Waals surface area contributed by atoms with E-state index in [1.54, 1.807) is 0 Å². The van der Waals surface area contributed by atoms with Crippen molar-refractivity contribution in [2.45, 2.75) is 31.9 Å². The molecule has 0 aromatic heterocycles. The molecule has 0 bridgehead atoms. The van der Waals surface area contributed by atoms with Gasteiger partial charge in [0.25, 0.3) is 5.83 Å². The molecular formula is C9H12F5N. The average Bonchev–Trinajstić information content (AvgIpc) is 2.42. The van der Waals surface area contributed by atoms with Crippen molar-refractivity contribution in [2.24, 2.45) is 0 Å². The van der Waals surface area contributed by atoms with Crippen molar-refractivity contribution in [2.75, 3.05) is 13.1 Å². The molecule has 0 saturated carbocycles. The highest BCUT2D eigenvalue weighted by Gasteiger charge is 2.39. The molecule has 0 unspecified atom stereocenters. The zero-order valence-electron chi connectivity index (χ0n) is 8.08. The Morgan fingerprint density at radius 3 is 1.73 bits per heavy atom. The largest absolute Gasteiger partial charge is 0.447 e. The minimum absolute atomic E-state index is 0.148. The van der Waals surface area contributed by atoms with E-state index in [2.05, 4.69) is 0 Å². The second-order valence-corrected chi connectivity index (χ2v) is 3.50. The van der Waals surface area contributed by atoms with Gasteiger partial charge in [-0.2, -0.15) is 22.0 Å². The lowest BCUT2D eigenvalue weighted by molar-refractivity contribution is -0.113. The number of nitrogens with zero attached hydrogens (tertiary/aromatic N) is 1. The van der Waals surface area contributed by atoms with Gasteiger partial charge in [0.1, 0.15) is 0 Å². The molecule has 1 heterocycles. The van der Waals surface area contributed by atoms with E-state index in [1.165, 1.54) is 0 Å². The van der Waals surface area contributed by atoms with Crippen molar-refractivity contribution in [1.82, 2.24) is 4.90 Å². The van der Waals surface area contributed by atoms with Gasteiger partial charge in [0.2, 0.25) is 5.95 Å². The normalized spacial score (nSPS) is 21.0. The molecule has 6 heteroatoms. The Kier molecular flexibility index (Phi) is 3.93. The molecule has 1 aliphatic heterocycles. The van der Waals surface area contributed by atoms with E-state index in [9.17, 15) is 22.0 Å². The zero-order chi connectivity index (χ0) is 11.5. The third-order valence-electron chi connectivity index (χ3n) is 2.31. The van der Waals surface area contributed by atoms with Crippen molar-refractivity contribution in [3.8, 4) is 0 Å². The van der Waals surface area contributed by atoms with Gasteiger partial charge in [-0.05, 0) is 12.8 Å². The van der Waals surface area contributed by atoms with Crippen molar-refractivity contribution in [3.05, 3.63) is 11.8 Å². The summed E-state index contributed by atoms with van der Waals surface area (Å²) in [7, 11) is 0. The van der Waals surface area contributed by atoms with E-state index < -0.39 is 18.0 Å². The molecule has 0 aromatic carbocycles. The quantitative estimate of drug-likeness (QED) is 0.491. The lowest BCUT2D eigenvalue weighted by Crippen LogP contribution is -2.25. The van der Waals surface area contributed by atoms with Crippen LogP contribution >= 0.6 is 0 Å². The van der Waals surface area contributed by atoms with Gasteiger partial charge in [0.05, 0.1) is 0 Å². The maximum atomic E-state index is 13.1. The lowest BCUT2D eigenvalue weighted by Gasteiger charge is -2.20. The van der Waals surface area contributed by atoms with E-state index in [0.29, 0.717) is 12.8 Å². The molecule has 1 nitrogen and oxygen atoms in total. The molecule has 15 heavy (non-hydrogen) atoms. The Hall–Kier alpha value is -0.810. The molecule has 0 amide bonds. The number of likely N-dealkylation sites (tertiary alicyclic amines) is 1. The second-order valence-electron chi connectivity index (χ2n) is 3.50. The number of halogens is 5. The van der Waals surface area contributed by atoms with E-state index in [4.69, 9.17) is 0 Å². The number of alkyl halides is 3. The van der Waals surface area contributed by atoms with Crippen LogP contribution in [-0.2, 0) is 0 Å². The Labute approximate surface area is 84.6 Å². The van der Waals surface area contributed by atoms with Crippen molar-refractivity contribution in [3.63, 3.8) is 0 Å². The van der Waals surface area contributed by atoms with Gasteiger partial charge in [-0.1, -0.05) is 12.8 Å². The SMILES string of the molecule is F/C(=C(/F)C(F)(F)F)N1CCCCCC1. The summed E-state index contributed by atoms with van der Waals surface area (Å²) in [6.07, 6.45) is -2.34. The molecular weight excluding hydrogens is 217 g/mol. The summed E-state index contributed by atoms with van der Waals surface area (Å²) in [6.45, 7) is 0.296. The summed E-state index contributed by atoms with van der Waals surface area (Å²) in [6, 6.07) is 0. The van der Waals surface area contributed by atoms with Crippen LogP contribution in [-0.4, -0.2) is 24.2 Å². The summed E-state index contributed by atoms with van der Waals surface area (Å²) in [5, 5.41) is 0. The highest BCUT2D eigenvalue weighted by atomic mass is 19.4. The third-order valence-corrected chi connectivity index (χ3v) is 2.31. The van der Waals surface area contributed by atoms with Crippen LogP contribution in [0.3, 0.4) is 0 Å². The van der Waals surface area contributed by atoms with Crippen LogP contribution in [0.15, 0.2) is 11.8 Å². The van der Waals surface area contributed by atoms with Gasteiger partial charge < -0.3 is 4.90 Å². The van der Waals surface area contributed by atoms with Gasteiger partial charge in [-0.25, -0.2) is 0 Å². The Morgan fingerprint density at radius 2 is 1.33 bits per heavy atom. The molecule has 1 fully saturated rings. The molecule has 0 aliphatic carbocycles. The van der Waals surface area contributed by atoms with Gasteiger partial charge in [-0.3, -0.25) is 0 Å². The number of rotatable bonds is 1. The van der Waals surface area contributed by atoms with E-state index in [0.717, 1.165) is 17.7 Å². The Bertz CT molecular complexity index is 237. The fourth-order valence-electron chi connectivity index (χ4n) is 1.52. The molecule has 0 radical (unpaired) electrons. The summed E-state index contributed by atoms with van der Waals surface area (Å²) >= 11 is 0. The van der Waals surface area contributed by atoms with E-state index in [1.807, 2.05) is 0 Å². The minimum Gasteiger partial charge on any atom is -0.346 e. The summed E-state index contributed by atoms with van der Waals surface area (Å²) in [5.74, 6) is -4.39. The zero-order valence-corrected chi connectivity index (χ0v) is 8.08. The topological polar surface area (TPSA) is 3.24 Å². The highest BCUT2D eigenvalue weighted by Crippen LogP contribution is 2.31. The molecule has 0 atom stereocenters. The number of hydrogen-bond donors (Lipinski definition) is 0. The van der Waals surface area contributed by atoms with Crippen molar-refractivity contribution < 1.29 is 22.0 Å². The molecule has 1 aliphatic rings. The molecule has 0 aromatic rings. The van der Waals surface area contributed by atoms with Crippen LogP contribution in [0.2, 0.25) is 0 Å². The first kappa shape index (κ1) is 12.3. The van der Waals surface area contributed by atoms with Crippen LogP contribution in [0.4, 0.5) is 22.0 Å². The van der Waals surface area contributed by atoms with Gasteiger partial charge in [-0.15, -0.1) is 0 Å². The van der Waals surface area contributed by atoms with Crippen LogP contribution in [0.1, 0.15) is 25.7 Å². The monoisotopic (exact) mass is 229 g/mol. The third kappa shape index (κ3) is 3.35. The first-order valence-electron chi connectivity index (χ1n) is 4.80. The van der Waals surface area contributed by atoms with Gasteiger partial charge in [0.15, 0.2) is 0 Å². The van der Waals surface area contributed by atoms with Crippen LogP contribution in [0.25, 0.3) is 0 Å². The molecule has 0 N–H and O–H groups in total. The lowest BCUT2D eigenvalue weighted by atomic mass is 10.2. The number of hydrogen-bond acceptors (Lipinski definition) is 1. The smallest absolute Gasteiger partial charge is 0.346 e.